The zero-order chi connectivity index (χ0) is 25.2. The monoisotopic (exact) mass is 488 g/mol. The lowest BCUT2D eigenvalue weighted by atomic mass is 10.1. The van der Waals surface area contributed by atoms with E-state index in [4.69, 9.17) is 4.74 Å². The van der Waals surface area contributed by atoms with Gasteiger partial charge in [0.2, 0.25) is 5.91 Å². The van der Waals surface area contributed by atoms with Crippen molar-refractivity contribution >= 4 is 29.0 Å². The molecule has 0 radical (unpaired) electrons. The smallest absolute Gasteiger partial charge is 0.408 e. The summed E-state index contributed by atoms with van der Waals surface area (Å²) in [6, 6.07) is 8.03. The van der Waals surface area contributed by atoms with Crippen LogP contribution in [-0.2, 0) is 11.3 Å². The minimum absolute atomic E-state index is 0.0271. The summed E-state index contributed by atoms with van der Waals surface area (Å²) in [4.78, 5) is 28.8. The van der Waals surface area contributed by atoms with E-state index < -0.39 is 18.6 Å². The fraction of sp³-hybridized carbons (Fsp3) is 0.304. The predicted molar refractivity (Wildman–Crippen MR) is 123 cm³/mol. The van der Waals surface area contributed by atoms with Crippen molar-refractivity contribution in [3.05, 3.63) is 48.3 Å². The Hall–Kier alpha value is -4.09. The van der Waals surface area contributed by atoms with Gasteiger partial charge in [0.1, 0.15) is 12.4 Å². The number of hydrogen-bond acceptors (Lipinski definition) is 6. The molecule has 4 rings (SSSR count). The Balaban J connectivity index is 1.68. The number of benzene rings is 1. The molecule has 0 bridgehead atoms. The number of halogens is 3. The van der Waals surface area contributed by atoms with Crippen molar-refractivity contribution < 1.29 is 27.5 Å². The summed E-state index contributed by atoms with van der Waals surface area (Å²) >= 11 is 0. The maximum Gasteiger partial charge on any atom is 0.408 e. The van der Waals surface area contributed by atoms with Gasteiger partial charge in [-0.3, -0.25) is 14.3 Å². The van der Waals surface area contributed by atoms with Crippen molar-refractivity contribution in [2.45, 2.75) is 25.6 Å². The van der Waals surface area contributed by atoms with Crippen molar-refractivity contribution in [3.63, 3.8) is 0 Å². The number of alkyl halides is 3. The number of carbonyl (C=O) groups is 2. The summed E-state index contributed by atoms with van der Waals surface area (Å²) in [5.74, 6) is 0.0260. The molecule has 1 aromatic carbocycles. The van der Waals surface area contributed by atoms with E-state index >= 15 is 0 Å². The number of anilines is 3. The normalized spacial score (nSPS) is 13.3. The maximum absolute atomic E-state index is 12.7. The first kappa shape index (κ1) is 24.0. The van der Waals surface area contributed by atoms with Crippen LogP contribution in [0.4, 0.5) is 30.4 Å². The standard InChI is InChI=1S/C23H23F3N6O3/c1-27-22(34)15-11-28-19(30-21(33)13-6-7-13)10-18(15)29-17-5-3-4-14(20(17)35-2)16-8-9-32(31-16)12-23(24,25)26/h3-5,8-11,13H,6-7,12H2,1-2H3,(H,27,34)(H2,28,29,30,33). The quantitative estimate of drug-likeness (QED) is 0.443. The molecule has 1 aliphatic carbocycles. The molecular formula is C23H23F3N6O3. The molecule has 184 valence electrons. The minimum Gasteiger partial charge on any atom is -0.494 e. The Morgan fingerprint density at radius 3 is 2.63 bits per heavy atom. The Kier molecular flexibility index (Phi) is 6.63. The van der Waals surface area contributed by atoms with Gasteiger partial charge >= 0.3 is 6.18 Å². The van der Waals surface area contributed by atoms with E-state index in [9.17, 15) is 22.8 Å². The van der Waals surface area contributed by atoms with E-state index in [2.05, 4.69) is 26.0 Å². The maximum atomic E-state index is 12.7. The third-order valence-electron chi connectivity index (χ3n) is 5.32. The molecule has 35 heavy (non-hydrogen) atoms. The number of amides is 2. The highest BCUT2D eigenvalue weighted by Crippen LogP contribution is 2.38. The third-order valence-corrected chi connectivity index (χ3v) is 5.32. The second-order valence-electron chi connectivity index (χ2n) is 7.98. The molecule has 2 heterocycles. The van der Waals surface area contributed by atoms with Gasteiger partial charge in [0, 0.05) is 37.0 Å². The van der Waals surface area contributed by atoms with Gasteiger partial charge < -0.3 is 20.7 Å². The van der Waals surface area contributed by atoms with E-state index in [1.54, 1.807) is 18.2 Å². The van der Waals surface area contributed by atoms with Crippen LogP contribution in [0.2, 0.25) is 0 Å². The molecule has 3 aromatic rings. The molecule has 1 aliphatic rings. The average molecular weight is 488 g/mol. The van der Waals surface area contributed by atoms with Crippen LogP contribution in [0.3, 0.4) is 0 Å². The van der Waals surface area contributed by atoms with Crippen LogP contribution in [0.25, 0.3) is 11.3 Å². The number of rotatable bonds is 8. The van der Waals surface area contributed by atoms with E-state index in [0.717, 1.165) is 17.5 Å². The Bertz CT molecular complexity index is 1250. The Morgan fingerprint density at radius 2 is 1.97 bits per heavy atom. The van der Waals surface area contributed by atoms with Crippen LogP contribution in [0.15, 0.2) is 42.7 Å². The van der Waals surface area contributed by atoms with Gasteiger partial charge in [0.25, 0.3) is 5.91 Å². The van der Waals surface area contributed by atoms with Crippen molar-refractivity contribution in [1.82, 2.24) is 20.1 Å². The van der Waals surface area contributed by atoms with Crippen LogP contribution < -0.4 is 20.7 Å². The zero-order valence-electron chi connectivity index (χ0n) is 18.9. The lowest BCUT2D eigenvalue weighted by Crippen LogP contribution is -2.20. The van der Waals surface area contributed by atoms with Gasteiger partial charge in [-0.15, -0.1) is 0 Å². The number of carbonyl (C=O) groups excluding carboxylic acids is 2. The van der Waals surface area contributed by atoms with E-state index in [1.807, 2.05) is 0 Å². The van der Waals surface area contributed by atoms with Crippen LogP contribution in [0.5, 0.6) is 5.75 Å². The minimum atomic E-state index is -4.40. The summed E-state index contributed by atoms with van der Waals surface area (Å²) in [7, 11) is 2.90. The van der Waals surface area contributed by atoms with Crippen LogP contribution >= 0.6 is 0 Å². The zero-order valence-corrected chi connectivity index (χ0v) is 18.9. The molecule has 3 N–H and O–H groups in total. The summed E-state index contributed by atoms with van der Waals surface area (Å²) in [5.41, 5.74) is 1.75. The first-order valence-corrected chi connectivity index (χ1v) is 10.8. The lowest BCUT2D eigenvalue weighted by molar-refractivity contribution is -0.142. The highest BCUT2D eigenvalue weighted by molar-refractivity contribution is 6.01. The summed E-state index contributed by atoms with van der Waals surface area (Å²) in [6.07, 6.45) is -0.157. The third kappa shape index (κ3) is 5.70. The molecule has 12 heteroatoms. The van der Waals surface area contributed by atoms with Crippen LogP contribution in [0, 0.1) is 5.92 Å². The molecule has 0 aliphatic heterocycles. The van der Waals surface area contributed by atoms with Crippen molar-refractivity contribution in [2.75, 3.05) is 24.8 Å². The molecule has 2 amide bonds. The molecule has 0 atom stereocenters. The van der Waals surface area contributed by atoms with Crippen molar-refractivity contribution in [1.29, 1.82) is 0 Å². The average Bonchev–Trinajstić information content (AvgIpc) is 3.57. The van der Waals surface area contributed by atoms with E-state index in [-0.39, 0.29) is 28.9 Å². The topological polar surface area (TPSA) is 110 Å². The number of pyridine rings is 1. The Morgan fingerprint density at radius 1 is 1.20 bits per heavy atom. The van der Waals surface area contributed by atoms with E-state index in [1.165, 1.54) is 38.7 Å². The number of methoxy groups -OCH3 is 1. The molecule has 1 saturated carbocycles. The lowest BCUT2D eigenvalue weighted by Gasteiger charge is -2.17. The van der Waals surface area contributed by atoms with Gasteiger partial charge in [0.05, 0.1) is 29.7 Å². The number of ether oxygens (including phenoxy) is 1. The largest absolute Gasteiger partial charge is 0.494 e. The van der Waals surface area contributed by atoms with Gasteiger partial charge in [0.15, 0.2) is 5.75 Å². The van der Waals surface area contributed by atoms with Gasteiger partial charge in [-0.1, -0.05) is 6.07 Å². The second-order valence-corrected chi connectivity index (χ2v) is 7.98. The molecule has 0 spiro atoms. The molecule has 1 fully saturated rings. The SMILES string of the molecule is CNC(=O)c1cnc(NC(=O)C2CC2)cc1Nc1cccc(-c2ccn(CC(F)(F)F)n2)c1OC. The van der Waals surface area contributed by atoms with Crippen molar-refractivity contribution in [2.24, 2.45) is 5.92 Å². The van der Waals surface area contributed by atoms with Crippen LogP contribution in [0.1, 0.15) is 23.2 Å². The Labute approximate surface area is 198 Å². The van der Waals surface area contributed by atoms with Gasteiger partial charge in [-0.05, 0) is 31.0 Å². The molecule has 9 nitrogen and oxygen atoms in total. The fourth-order valence-electron chi connectivity index (χ4n) is 3.50. The summed E-state index contributed by atoms with van der Waals surface area (Å²) < 4.78 is 44.6. The highest BCUT2D eigenvalue weighted by Gasteiger charge is 2.30. The van der Waals surface area contributed by atoms with Gasteiger partial charge in [-0.25, -0.2) is 4.98 Å². The molecule has 0 saturated heterocycles. The first-order chi connectivity index (χ1) is 16.7. The highest BCUT2D eigenvalue weighted by atomic mass is 19.4. The first-order valence-electron chi connectivity index (χ1n) is 10.8. The second kappa shape index (κ2) is 9.65. The van der Waals surface area contributed by atoms with E-state index in [0.29, 0.717) is 22.7 Å². The number of nitrogens with one attached hydrogen (secondary N) is 3. The molecule has 0 unspecified atom stereocenters. The molecule has 2 aromatic heterocycles. The predicted octanol–water partition coefficient (Wildman–Crippen LogP) is 3.97. The summed E-state index contributed by atoms with van der Waals surface area (Å²) in [5, 5.41) is 12.4. The number of hydrogen-bond donors (Lipinski definition) is 3. The van der Waals surface area contributed by atoms with Gasteiger partial charge in [-0.2, -0.15) is 18.3 Å². The summed E-state index contributed by atoms with van der Waals surface area (Å²) in [6.45, 7) is -1.21. The number of nitrogens with zero attached hydrogens (tertiary/aromatic N) is 3. The van der Waals surface area contributed by atoms with Crippen LogP contribution in [-0.4, -0.2) is 46.9 Å². The molecular weight excluding hydrogens is 465 g/mol. The number of aromatic nitrogens is 3. The van der Waals surface area contributed by atoms with Crippen molar-refractivity contribution in [3.8, 4) is 17.0 Å². The fourth-order valence-corrected chi connectivity index (χ4v) is 3.50. The number of para-hydroxylation sites is 1.